The standard InChI is InChI=1S/C13H23NO5S/c1-9(8-19-2)20(17,18)14-11-6-4-3-5-10(11)7-12(14)13(15)16/h9-12H,3-8H2,1-2H3,(H,15,16). The molecule has 0 amide bonds. The van der Waals surface area contributed by atoms with Crippen LogP contribution in [-0.2, 0) is 19.6 Å². The van der Waals surface area contributed by atoms with E-state index >= 15 is 0 Å². The molecule has 116 valence electrons. The molecule has 1 saturated heterocycles. The Labute approximate surface area is 120 Å². The third kappa shape index (κ3) is 2.71. The highest BCUT2D eigenvalue weighted by atomic mass is 32.2. The van der Waals surface area contributed by atoms with Crippen molar-refractivity contribution in [1.82, 2.24) is 4.31 Å². The lowest BCUT2D eigenvalue weighted by molar-refractivity contribution is -0.141. The van der Waals surface area contributed by atoms with Crippen molar-refractivity contribution in [3.8, 4) is 0 Å². The fourth-order valence-corrected chi connectivity index (χ4v) is 5.43. The average Bonchev–Trinajstić information content (AvgIpc) is 2.79. The highest BCUT2D eigenvalue weighted by Gasteiger charge is 2.51. The Morgan fingerprint density at radius 1 is 1.40 bits per heavy atom. The number of ether oxygens (including phenoxy) is 1. The lowest BCUT2D eigenvalue weighted by atomic mass is 9.85. The molecule has 2 aliphatic rings. The molecule has 0 bridgehead atoms. The summed E-state index contributed by atoms with van der Waals surface area (Å²) in [5.74, 6) is -0.845. The van der Waals surface area contributed by atoms with Gasteiger partial charge in [-0.25, -0.2) is 8.42 Å². The van der Waals surface area contributed by atoms with E-state index in [4.69, 9.17) is 4.74 Å². The molecule has 0 spiro atoms. The van der Waals surface area contributed by atoms with Crippen molar-refractivity contribution in [2.45, 2.75) is 56.4 Å². The summed E-state index contributed by atoms with van der Waals surface area (Å²) in [4.78, 5) is 11.4. The summed E-state index contributed by atoms with van der Waals surface area (Å²) in [5, 5.41) is 8.66. The number of nitrogens with zero attached hydrogens (tertiary/aromatic N) is 1. The van der Waals surface area contributed by atoms with Gasteiger partial charge in [-0.05, 0) is 32.1 Å². The van der Waals surface area contributed by atoms with Gasteiger partial charge in [-0.3, -0.25) is 4.79 Å². The molecule has 1 aliphatic heterocycles. The summed E-state index contributed by atoms with van der Waals surface area (Å²) < 4.78 is 31.6. The van der Waals surface area contributed by atoms with E-state index in [1.807, 2.05) is 0 Å². The van der Waals surface area contributed by atoms with Crippen LogP contribution in [0.5, 0.6) is 0 Å². The Bertz CT molecular complexity index is 463. The smallest absolute Gasteiger partial charge is 0.322 e. The first kappa shape index (κ1) is 15.7. The number of methoxy groups -OCH3 is 1. The molecular weight excluding hydrogens is 282 g/mol. The molecular formula is C13H23NO5S. The zero-order chi connectivity index (χ0) is 14.9. The third-order valence-electron chi connectivity index (χ3n) is 4.52. The minimum Gasteiger partial charge on any atom is -0.480 e. The lowest BCUT2D eigenvalue weighted by Crippen LogP contribution is -2.50. The predicted molar refractivity (Wildman–Crippen MR) is 73.9 cm³/mol. The SMILES string of the molecule is COCC(C)S(=O)(=O)N1C(C(=O)O)CC2CCCCC21. The topological polar surface area (TPSA) is 83.9 Å². The van der Waals surface area contributed by atoms with E-state index in [1.54, 1.807) is 6.92 Å². The van der Waals surface area contributed by atoms with Crippen LogP contribution in [0.25, 0.3) is 0 Å². The summed E-state index contributed by atoms with van der Waals surface area (Å²) in [6.45, 7) is 1.66. The van der Waals surface area contributed by atoms with E-state index in [0.29, 0.717) is 6.42 Å². The third-order valence-corrected chi connectivity index (χ3v) is 6.78. The van der Waals surface area contributed by atoms with Crippen LogP contribution in [0.1, 0.15) is 39.0 Å². The van der Waals surface area contributed by atoms with Gasteiger partial charge in [0, 0.05) is 13.2 Å². The van der Waals surface area contributed by atoms with Gasteiger partial charge in [0.05, 0.1) is 11.9 Å². The number of aliphatic carboxylic acids is 1. The minimum absolute atomic E-state index is 0.0859. The Balaban J connectivity index is 2.31. The van der Waals surface area contributed by atoms with Gasteiger partial charge in [0.1, 0.15) is 6.04 Å². The Morgan fingerprint density at radius 3 is 2.65 bits per heavy atom. The van der Waals surface area contributed by atoms with Gasteiger partial charge >= 0.3 is 5.97 Å². The van der Waals surface area contributed by atoms with Gasteiger partial charge in [0.25, 0.3) is 0 Å². The second kappa shape index (κ2) is 5.99. The first-order valence-corrected chi connectivity index (χ1v) is 8.64. The summed E-state index contributed by atoms with van der Waals surface area (Å²) in [7, 11) is -2.19. The summed E-state index contributed by atoms with van der Waals surface area (Å²) >= 11 is 0. The van der Waals surface area contributed by atoms with Gasteiger partial charge in [-0.15, -0.1) is 0 Å². The zero-order valence-corrected chi connectivity index (χ0v) is 12.8. The Hall–Kier alpha value is -0.660. The molecule has 2 fully saturated rings. The Morgan fingerprint density at radius 2 is 2.05 bits per heavy atom. The van der Waals surface area contributed by atoms with Crippen molar-refractivity contribution < 1.29 is 23.1 Å². The minimum atomic E-state index is -3.64. The van der Waals surface area contributed by atoms with E-state index in [1.165, 1.54) is 11.4 Å². The molecule has 0 aromatic carbocycles. The maximum Gasteiger partial charge on any atom is 0.322 e. The highest BCUT2D eigenvalue weighted by Crippen LogP contribution is 2.42. The van der Waals surface area contributed by atoms with Crippen molar-refractivity contribution >= 4 is 16.0 Å². The molecule has 6 nitrogen and oxygen atoms in total. The van der Waals surface area contributed by atoms with Crippen molar-refractivity contribution in [2.75, 3.05) is 13.7 Å². The molecule has 0 radical (unpaired) electrons. The van der Waals surface area contributed by atoms with Crippen molar-refractivity contribution in [2.24, 2.45) is 5.92 Å². The quantitative estimate of drug-likeness (QED) is 0.821. The van der Waals surface area contributed by atoms with Crippen LogP contribution < -0.4 is 0 Å². The zero-order valence-electron chi connectivity index (χ0n) is 12.0. The first-order valence-electron chi connectivity index (χ1n) is 7.13. The summed E-state index contributed by atoms with van der Waals surface area (Å²) in [6, 6.07) is -1.05. The monoisotopic (exact) mass is 305 g/mol. The van der Waals surface area contributed by atoms with E-state index < -0.39 is 27.3 Å². The fourth-order valence-electron chi connectivity index (χ4n) is 3.52. The van der Waals surface area contributed by atoms with Crippen LogP contribution >= 0.6 is 0 Å². The normalized spacial score (nSPS) is 32.8. The first-order chi connectivity index (χ1) is 9.39. The van der Waals surface area contributed by atoms with E-state index in [9.17, 15) is 18.3 Å². The van der Waals surface area contributed by atoms with E-state index in [0.717, 1.165) is 25.7 Å². The van der Waals surface area contributed by atoms with Crippen LogP contribution in [0.2, 0.25) is 0 Å². The van der Waals surface area contributed by atoms with Crippen molar-refractivity contribution in [1.29, 1.82) is 0 Å². The average molecular weight is 305 g/mol. The van der Waals surface area contributed by atoms with Gasteiger partial charge in [-0.2, -0.15) is 4.31 Å². The van der Waals surface area contributed by atoms with Crippen LogP contribution in [-0.4, -0.2) is 54.8 Å². The van der Waals surface area contributed by atoms with Gasteiger partial charge in [-0.1, -0.05) is 12.8 Å². The van der Waals surface area contributed by atoms with Gasteiger partial charge < -0.3 is 9.84 Å². The van der Waals surface area contributed by atoms with Gasteiger partial charge in [0.2, 0.25) is 10.0 Å². The molecule has 1 saturated carbocycles. The molecule has 1 N–H and O–H groups in total. The van der Waals surface area contributed by atoms with Crippen molar-refractivity contribution in [3.63, 3.8) is 0 Å². The number of fused-ring (bicyclic) bond motifs is 1. The number of carboxylic acid groups (broad SMARTS) is 1. The van der Waals surface area contributed by atoms with Crippen LogP contribution in [0, 0.1) is 5.92 Å². The number of rotatable bonds is 5. The molecule has 4 unspecified atom stereocenters. The fraction of sp³-hybridized carbons (Fsp3) is 0.923. The molecule has 2 rings (SSSR count). The number of hydrogen-bond acceptors (Lipinski definition) is 4. The molecule has 1 aliphatic carbocycles. The van der Waals surface area contributed by atoms with E-state index in [-0.39, 0.29) is 18.6 Å². The number of carboxylic acids is 1. The molecule has 7 heteroatoms. The molecule has 0 aromatic rings. The Kier molecular flexibility index (Phi) is 4.71. The summed E-state index contributed by atoms with van der Waals surface area (Å²) in [5.41, 5.74) is 0. The maximum absolute atomic E-state index is 12.7. The molecule has 0 aromatic heterocycles. The van der Waals surface area contributed by atoms with E-state index in [2.05, 4.69) is 0 Å². The van der Waals surface area contributed by atoms with Crippen LogP contribution in [0.15, 0.2) is 0 Å². The number of sulfonamides is 1. The number of carbonyl (C=O) groups is 1. The second-order valence-corrected chi connectivity index (χ2v) is 8.10. The maximum atomic E-state index is 12.7. The highest BCUT2D eigenvalue weighted by molar-refractivity contribution is 7.89. The summed E-state index contributed by atoms with van der Waals surface area (Å²) in [6.07, 6.45) is 4.18. The largest absolute Gasteiger partial charge is 0.480 e. The molecule has 1 heterocycles. The predicted octanol–water partition coefficient (Wildman–Crippen LogP) is 1.07. The van der Waals surface area contributed by atoms with Crippen LogP contribution in [0.4, 0.5) is 0 Å². The lowest BCUT2D eigenvalue weighted by Gasteiger charge is -2.33. The van der Waals surface area contributed by atoms with Crippen molar-refractivity contribution in [3.05, 3.63) is 0 Å². The van der Waals surface area contributed by atoms with Gasteiger partial charge in [0.15, 0.2) is 0 Å². The van der Waals surface area contributed by atoms with Crippen LogP contribution in [0.3, 0.4) is 0 Å². The second-order valence-electron chi connectivity index (χ2n) is 5.84. The molecule has 20 heavy (non-hydrogen) atoms. The number of hydrogen-bond donors (Lipinski definition) is 1. The molecule has 4 atom stereocenters.